The zero-order valence-electron chi connectivity index (χ0n) is 17.5. The zero-order valence-corrected chi connectivity index (χ0v) is 19.8. The van der Waals surface area contributed by atoms with Crippen LogP contribution in [0.3, 0.4) is 0 Å². The number of benzene rings is 3. The van der Waals surface area contributed by atoms with Crippen LogP contribution >= 0.6 is 34.8 Å². The number of carbonyl (C=O) groups is 2. The summed E-state index contributed by atoms with van der Waals surface area (Å²) >= 11 is 18.5. The molecule has 4 nitrogen and oxygen atoms in total. The molecule has 0 radical (unpaired) electrons. The fourth-order valence-electron chi connectivity index (χ4n) is 3.48. The van der Waals surface area contributed by atoms with Crippen LogP contribution in [-0.4, -0.2) is 29.8 Å². The molecule has 32 heavy (non-hydrogen) atoms. The highest BCUT2D eigenvalue weighted by Crippen LogP contribution is 2.24. The summed E-state index contributed by atoms with van der Waals surface area (Å²) < 4.78 is 0. The molecular formula is C25H23Cl3N2O2. The molecule has 0 aromatic heterocycles. The minimum absolute atomic E-state index is 0.0405. The Balaban J connectivity index is 1.96. The molecule has 3 aromatic carbocycles. The summed E-state index contributed by atoms with van der Waals surface area (Å²) in [6.07, 6.45) is 0.417. The molecule has 0 bridgehead atoms. The second kappa shape index (κ2) is 11.4. The van der Waals surface area contributed by atoms with E-state index in [4.69, 9.17) is 34.8 Å². The SMILES string of the molecule is CNC(=O)C(Cc1ccccc1)N(Cc1cccc(Cl)c1)C(=O)Cc1ccc(Cl)cc1Cl. The maximum atomic E-state index is 13.5. The molecule has 0 saturated carbocycles. The first kappa shape index (κ1) is 24.1. The number of rotatable bonds is 8. The van der Waals surface area contributed by atoms with Gasteiger partial charge >= 0.3 is 0 Å². The third-order valence-electron chi connectivity index (χ3n) is 5.12. The van der Waals surface area contributed by atoms with Gasteiger partial charge in [0.1, 0.15) is 6.04 Å². The standard InChI is InChI=1S/C25H23Cl3N2O2/c1-29-25(32)23(13-17-6-3-2-4-7-17)30(16-18-8-5-9-20(26)12-18)24(31)14-19-10-11-21(27)15-22(19)28/h2-12,15,23H,13-14,16H2,1H3,(H,29,32). The van der Waals surface area contributed by atoms with Crippen molar-refractivity contribution < 1.29 is 9.59 Å². The van der Waals surface area contributed by atoms with E-state index in [9.17, 15) is 9.59 Å². The van der Waals surface area contributed by atoms with Gasteiger partial charge in [0.05, 0.1) is 6.42 Å². The molecule has 3 aromatic rings. The number of likely N-dealkylation sites (N-methyl/N-ethyl adjacent to an activating group) is 1. The van der Waals surface area contributed by atoms with Gasteiger partial charge < -0.3 is 10.2 Å². The fourth-order valence-corrected chi connectivity index (χ4v) is 4.17. The summed E-state index contributed by atoms with van der Waals surface area (Å²) in [5, 5.41) is 4.17. The number of nitrogens with one attached hydrogen (secondary N) is 1. The van der Waals surface area contributed by atoms with Gasteiger partial charge in [0, 0.05) is 35.1 Å². The summed E-state index contributed by atoms with van der Waals surface area (Å²) in [5.41, 5.74) is 2.43. The van der Waals surface area contributed by atoms with Gasteiger partial charge in [-0.15, -0.1) is 0 Å². The molecule has 0 aliphatic carbocycles. The van der Waals surface area contributed by atoms with Crippen molar-refractivity contribution in [3.63, 3.8) is 0 Å². The fraction of sp³-hybridized carbons (Fsp3) is 0.200. The third kappa shape index (κ3) is 6.49. The van der Waals surface area contributed by atoms with Crippen LogP contribution in [0.4, 0.5) is 0 Å². The first-order chi connectivity index (χ1) is 15.4. The van der Waals surface area contributed by atoms with E-state index < -0.39 is 6.04 Å². The maximum Gasteiger partial charge on any atom is 0.242 e. The number of hydrogen-bond acceptors (Lipinski definition) is 2. The maximum absolute atomic E-state index is 13.5. The van der Waals surface area contributed by atoms with Gasteiger partial charge in [-0.25, -0.2) is 0 Å². The van der Waals surface area contributed by atoms with E-state index in [1.807, 2.05) is 42.5 Å². The van der Waals surface area contributed by atoms with Crippen molar-refractivity contribution in [3.05, 3.63) is 105 Å². The van der Waals surface area contributed by atoms with Gasteiger partial charge in [-0.05, 0) is 41.0 Å². The smallest absolute Gasteiger partial charge is 0.242 e. The Bertz CT molecular complexity index is 1090. The molecule has 2 amide bonds. The Hall–Kier alpha value is -2.53. The van der Waals surface area contributed by atoms with Gasteiger partial charge in [0.15, 0.2) is 0 Å². The molecule has 0 heterocycles. The van der Waals surface area contributed by atoms with Gasteiger partial charge in [-0.1, -0.05) is 83.3 Å². The Morgan fingerprint density at radius 2 is 1.56 bits per heavy atom. The first-order valence-electron chi connectivity index (χ1n) is 10.1. The third-order valence-corrected chi connectivity index (χ3v) is 5.94. The predicted octanol–water partition coefficient (Wildman–Crippen LogP) is 5.58. The molecule has 3 rings (SSSR count). The predicted molar refractivity (Wildman–Crippen MR) is 130 cm³/mol. The van der Waals surface area contributed by atoms with E-state index >= 15 is 0 Å². The average Bonchev–Trinajstić information content (AvgIpc) is 2.78. The Morgan fingerprint density at radius 1 is 0.875 bits per heavy atom. The second-order valence-electron chi connectivity index (χ2n) is 7.38. The summed E-state index contributed by atoms with van der Waals surface area (Å²) in [5.74, 6) is -0.467. The molecule has 0 spiro atoms. The van der Waals surface area contributed by atoms with E-state index in [1.54, 1.807) is 42.3 Å². The summed E-state index contributed by atoms with van der Waals surface area (Å²) in [4.78, 5) is 28.0. The Labute approximate surface area is 203 Å². The van der Waals surface area contributed by atoms with Crippen LogP contribution in [0.2, 0.25) is 15.1 Å². The van der Waals surface area contributed by atoms with Gasteiger partial charge in [0.2, 0.25) is 11.8 Å². The van der Waals surface area contributed by atoms with E-state index in [2.05, 4.69) is 5.32 Å². The van der Waals surface area contributed by atoms with Crippen molar-refractivity contribution >= 4 is 46.6 Å². The van der Waals surface area contributed by atoms with Gasteiger partial charge in [0.25, 0.3) is 0 Å². The lowest BCUT2D eigenvalue weighted by Crippen LogP contribution is -2.50. The number of carbonyl (C=O) groups excluding carboxylic acids is 2. The van der Waals surface area contributed by atoms with Crippen molar-refractivity contribution in [1.82, 2.24) is 10.2 Å². The molecule has 1 unspecified atom stereocenters. The summed E-state index contributed by atoms with van der Waals surface area (Å²) in [6, 6.07) is 21.2. The normalized spacial score (nSPS) is 11.6. The van der Waals surface area contributed by atoms with Crippen LogP contribution < -0.4 is 5.32 Å². The van der Waals surface area contributed by atoms with Gasteiger partial charge in [-0.2, -0.15) is 0 Å². The number of halogens is 3. The second-order valence-corrected chi connectivity index (χ2v) is 8.66. The molecule has 0 aliphatic heterocycles. The molecule has 7 heteroatoms. The molecule has 0 saturated heterocycles. The van der Waals surface area contributed by atoms with E-state index in [-0.39, 0.29) is 24.8 Å². The summed E-state index contributed by atoms with van der Waals surface area (Å²) in [7, 11) is 1.57. The average molecular weight is 490 g/mol. The first-order valence-corrected chi connectivity index (χ1v) is 11.2. The lowest BCUT2D eigenvalue weighted by molar-refractivity contribution is -0.140. The summed E-state index contributed by atoms with van der Waals surface area (Å²) in [6.45, 7) is 0.232. The molecule has 0 fully saturated rings. The monoisotopic (exact) mass is 488 g/mol. The number of amides is 2. The van der Waals surface area contributed by atoms with Crippen molar-refractivity contribution in [3.8, 4) is 0 Å². The molecular weight excluding hydrogens is 467 g/mol. The van der Waals surface area contributed by atoms with Crippen LogP contribution in [0.1, 0.15) is 16.7 Å². The van der Waals surface area contributed by atoms with Crippen molar-refractivity contribution in [1.29, 1.82) is 0 Å². The van der Waals surface area contributed by atoms with Crippen LogP contribution in [0.15, 0.2) is 72.8 Å². The van der Waals surface area contributed by atoms with Crippen molar-refractivity contribution in [2.45, 2.75) is 25.4 Å². The zero-order chi connectivity index (χ0) is 23.1. The Kier molecular flexibility index (Phi) is 8.57. The molecule has 166 valence electrons. The quantitative estimate of drug-likeness (QED) is 0.449. The van der Waals surface area contributed by atoms with Crippen LogP contribution in [0.5, 0.6) is 0 Å². The van der Waals surface area contributed by atoms with Crippen LogP contribution in [0, 0.1) is 0 Å². The van der Waals surface area contributed by atoms with Crippen molar-refractivity contribution in [2.24, 2.45) is 0 Å². The largest absolute Gasteiger partial charge is 0.357 e. The number of hydrogen-bond donors (Lipinski definition) is 1. The number of nitrogens with zero attached hydrogens (tertiary/aromatic N) is 1. The van der Waals surface area contributed by atoms with E-state index in [0.717, 1.165) is 11.1 Å². The van der Waals surface area contributed by atoms with Crippen LogP contribution in [-0.2, 0) is 29.0 Å². The highest BCUT2D eigenvalue weighted by Gasteiger charge is 2.30. The topological polar surface area (TPSA) is 49.4 Å². The van der Waals surface area contributed by atoms with Crippen LogP contribution in [0.25, 0.3) is 0 Å². The lowest BCUT2D eigenvalue weighted by Gasteiger charge is -2.31. The lowest BCUT2D eigenvalue weighted by atomic mass is 10.0. The minimum Gasteiger partial charge on any atom is -0.357 e. The highest BCUT2D eigenvalue weighted by molar-refractivity contribution is 6.35. The highest BCUT2D eigenvalue weighted by atomic mass is 35.5. The van der Waals surface area contributed by atoms with E-state index in [0.29, 0.717) is 27.1 Å². The Morgan fingerprint density at radius 3 is 2.22 bits per heavy atom. The minimum atomic E-state index is -0.708. The van der Waals surface area contributed by atoms with Crippen molar-refractivity contribution in [2.75, 3.05) is 7.05 Å². The van der Waals surface area contributed by atoms with Gasteiger partial charge in [-0.3, -0.25) is 9.59 Å². The molecule has 1 N–H and O–H groups in total. The molecule has 0 aliphatic rings. The molecule has 1 atom stereocenters. The van der Waals surface area contributed by atoms with E-state index in [1.165, 1.54) is 0 Å².